The number of nitrogens with zero attached hydrogens (tertiary/aromatic N) is 1. The van der Waals surface area contributed by atoms with Crippen LogP contribution >= 0.6 is 0 Å². The van der Waals surface area contributed by atoms with Crippen molar-refractivity contribution in [3.05, 3.63) is 0 Å². The Labute approximate surface area is 104 Å². The molecule has 0 atom stereocenters. The second-order valence-electron chi connectivity index (χ2n) is 5.68. The first-order valence-electron chi connectivity index (χ1n) is 6.89. The summed E-state index contributed by atoms with van der Waals surface area (Å²) in [7, 11) is 2.16. The molecule has 0 aromatic rings. The van der Waals surface area contributed by atoms with Crippen molar-refractivity contribution < 1.29 is 4.79 Å². The molecule has 17 heavy (non-hydrogen) atoms. The first-order chi connectivity index (χ1) is 8.12. The van der Waals surface area contributed by atoms with E-state index in [0.29, 0.717) is 0 Å². The van der Waals surface area contributed by atoms with E-state index < -0.39 is 5.54 Å². The molecule has 0 aromatic carbocycles. The van der Waals surface area contributed by atoms with Gasteiger partial charge in [-0.3, -0.25) is 4.79 Å². The SMILES string of the molecule is CN(CCNC(=O)C1(N)CCC1)C1CCCC1. The maximum absolute atomic E-state index is 11.8. The van der Waals surface area contributed by atoms with Crippen molar-refractivity contribution >= 4 is 5.91 Å². The monoisotopic (exact) mass is 239 g/mol. The van der Waals surface area contributed by atoms with Gasteiger partial charge in [0.25, 0.3) is 0 Å². The van der Waals surface area contributed by atoms with E-state index in [1.165, 1.54) is 25.7 Å². The maximum Gasteiger partial charge on any atom is 0.240 e. The molecule has 4 heteroatoms. The summed E-state index contributed by atoms with van der Waals surface area (Å²) in [5.74, 6) is 0.0450. The Kier molecular flexibility index (Phi) is 4.05. The lowest BCUT2D eigenvalue weighted by Gasteiger charge is -2.36. The first kappa shape index (κ1) is 12.8. The number of nitrogens with two attached hydrogens (primary N) is 1. The highest BCUT2D eigenvalue weighted by molar-refractivity contribution is 5.86. The van der Waals surface area contributed by atoms with E-state index in [4.69, 9.17) is 5.73 Å². The van der Waals surface area contributed by atoms with Crippen LogP contribution in [0.2, 0.25) is 0 Å². The van der Waals surface area contributed by atoms with Crippen LogP contribution in [0.15, 0.2) is 0 Å². The van der Waals surface area contributed by atoms with Gasteiger partial charge in [0.1, 0.15) is 0 Å². The molecule has 1 amide bonds. The molecule has 2 aliphatic rings. The molecule has 0 saturated heterocycles. The van der Waals surface area contributed by atoms with Gasteiger partial charge in [0.2, 0.25) is 5.91 Å². The van der Waals surface area contributed by atoms with Gasteiger partial charge in [-0.2, -0.15) is 0 Å². The van der Waals surface area contributed by atoms with Gasteiger partial charge in [-0.05, 0) is 39.2 Å². The summed E-state index contributed by atoms with van der Waals surface area (Å²) < 4.78 is 0. The van der Waals surface area contributed by atoms with Crippen LogP contribution in [0, 0.1) is 0 Å². The lowest BCUT2D eigenvalue weighted by Crippen LogP contribution is -2.59. The third-order valence-corrected chi connectivity index (χ3v) is 4.40. The van der Waals surface area contributed by atoms with Crippen molar-refractivity contribution in [1.29, 1.82) is 0 Å². The van der Waals surface area contributed by atoms with Crippen molar-refractivity contribution in [3.63, 3.8) is 0 Å². The van der Waals surface area contributed by atoms with E-state index in [1.807, 2.05) is 0 Å². The Bertz CT molecular complexity index is 270. The summed E-state index contributed by atoms with van der Waals surface area (Å²) in [6, 6.07) is 0.724. The lowest BCUT2D eigenvalue weighted by atomic mass is 9.77. The van der Waals surface area contributed by atoms with Crippen LogP contribution in [-0.4, -0.2) is 42.5 Å². The zero-order valence-electron chi connectivity index (χ0n) is 10.9. The van der Waals surface area contributed by atoms with Gasteiger partial charge < -0.3 is 16.0 Å². The van der Waals surface area contributed by atoms with Crippen molar-refractivity contribution in [1.82, 2.24) is 10.2 Å². The minimum absolute atomic E-state index is 0.0450. The molecule has 0 radical (unpaired) electrons. The third kappa shape index (κ3) is 2.99. The van der Waals surface area contributed by atoms with Crippen LogP contribution in [0.1, 0.15) is 44.9 Å². The predicted molar refractivity (Wildman–Crippen MR) is 68.7 cm³/mol. The van der Waals surface area contributed by atoms with E-state index in [-0.39, 0.29) is 5.91 Å². The van der Waals surface area contributed by atoms with Crippen LogP contribution in [-0.2, 0) is 4.79 Å². The first-order valence-corrected chi connectivity index (χ1v) is 6.89. The van der Waals surface area contributed by atoms with Crippen molar-refractivity contribution in [3.8, 4) is 0 Å². The molecular weight excluding hydrogens is 214 g/mol. The summed E-state index contributed by atoms with van der Waals surface area (Å²) in [4.78, 5) is 14.2. The van der Waals surface area contributed by atoms with Crippen LogP contribution in [0.4, 0.5) is 0 Å². The van der Waals surface area contributed by atoms with E-state index >= 15 is 0 Å². The van der Waals surface area contributed by atoms with Crippen molar-refractivity contribution in [2.45, 2.75) is 56.5 Å². The number of hydrogen-bond acceptors (Lipinski definition) is 3. The molecule has 0 heterocycles. The Morgan fingerprint density at radius 1 is 1.35 bits per heavy atom. The molecule has 2 saturated carbocycles. The summed E-state index contributed by atoms with van der Waals surface area (Å²) in [6.07, 6.45) is 8.11. The summed E-state index contributed by atoms with van der Waals surface area (Å²) in [5, 5.41) is 2.97. The number of likely N-dealkylation sites (N-methyl/N-ethyl adjacent to an activating group) is 1. The molecule has 0 spiro atoms. The molecule has 2 aliphatic carbocycles. The molecular formula is C13H25N3O. The fourth-order valence-corrected chi connectivity index (χ4v) is 2.83. The molecule has 98 valence electrons. The normalized spacial score (nSPS) is 23.7. The van der Waals surface area contributed by atoms with E-state index in [2.05, 4.69) is 17.3 Å². The molecule has 0 bridgehead atoms. The Hall–Kier alpha value is -0.610. The van der Waals surface area contributed by atoms with Gasteiger partial charge in [-0.15, -0.1) is 0 Å². The third-order valence-electron chi connectivity index (χ3n) is 4.40. The fraction of sp³-hybridized carbons (Fsp3) is 0.923. The molecule has 0 aromatic heterocycles. The number of rotatable bonds is 5. The highest BCUT2D eigenvalue weighted by Crippen LogP contribution is 2.29. The van der Waals surface area contributed by atoms with Gasteiger partial charge in [-0.1, -0.05) is 12.8 Å². The predicted octanol–water partition coefficient (Wildman–Crippen LogP) is 0.858. The second kappa shape index (κ2) is 5.36. The average molecular weight is 239 g/mol. The van der Waals surface area contributed by atoms with Crippen LogP contribution in [0.5, 0.6) is 0 Å². The standard InChI is InChI=1S/C13H25N3O/c1-16(11-5-2-3-6-11)10-9-15-12(17)13(14)7-4-8-13/h11H,2-10,14H2,1H3,(H,15,17). The highest BCUT2D eigenvalue weighted by atomic mass is 16.2. The molecule has 2 fully saturated rings. The molecule has 3 N–H and O–H groups in total. The van der Waals surface area contributed by atoms with Crippen LogP contribution < -0.4 is 11.1 Å². The van der Waals surface area contributed by atoms with Crippen LogP contribution in [0.25, 0.3) is 0 Å². The zero-order valence-corrected chi connectivity index (χ0v) is 10.9. The van der Waals surface area contributed by atoms with Gasteiger partial charge in [0.05, 0.1) is 5.54 Å². The Morgan fingerprint density at radius 3 is 2.53 bits per heavy atom. The van der Waals surface area contributed by atoms with E-state index in [9.17, 15) is 4.79 Å². The van der Waals surface area contributed by atoms with Crippen LogP contribution in [0.3, 0.4) is 0 Å². The minimum Gasteiger partial charge on any atom is -0.353 e. The quantitative estimate of drug-likeness (QED) is 0.748. The summed E-state index contributed by atoms with van der Waals surface area (Å²) in [5.41, 5.74) is 5.41. The second-order valence-corrected chi connectivity index (χ2v) is 5.68. The minimum atomic E-state index is -0.550. The number of hydrogen-bond donors (Lipinski definition) is 2. The summed E-state index contributed by atoms with van der Waals surface area (Å²) in [6.45, 7) is 1.66. The number of nitrogens with one attached hydrogen (secondary N) is 1. The molecule has 0 unspecified atom stereocenters. The molecule has 4 nitrogen and oxygen atoms in total. The number of carbonyl (C=O) groups excluding carboxylic acids is 1. The highest BCUT2D eigenvalue weighted by Gasteiger charge is 2.39. The van der Waals surface area contributed by atoms with Gasteiger partial charge >= 0.3 is 0 Å². The Morgan fingerprint density at radius 2 is 2.00 bits per heavy atom. The van der Waals surface area contributed by atoms with E-state index in [0.717, 1.165) is 38.4 Å². The van der Waals surface area contributed by atoms with Crippen molar-refractivity contribution in [2.75, 3.05) is 20.1 Å². The molecule has 0 aliphatic heterocycles. The number of amides is 1. The van der Waals surface area contributed by atoms with E-state index in [1.54, 1.807) is 0 Å². The Balaban J connectivity index is 1.63. The topological polar surface area (TPSA) is 58.4 Å². The summed E-state index contributed by atoms with van der Waals surface area (Å²) >= 11 is 0. The lowest BCUT2D eigenvalue weighted by molar-refractivity contribution is -0.129. The fourth-order valence-electron chi connectivity index (χ4n) is 2.83. The molecule has 2 rings (SSSR count). The average Bonchev–Trinajstić information content (AvgIpc) is 2.78. The zero-order chi connectivity index (χ0) is 12.3. The maximum atomic E-state index is 11.8. The van der Waals surface area contributed by atoms with Crippen molar-refractivity contribution in [2.24, 2.45) is 5.73 Å². The smallest absolute Gasteiger partial charge is 0.240 e. The van der Waals surface area contributed by atoms with Gasteiger partial charge in [-0.25, -0.2) is 0 Å². The van der Waals surface area contributed by atoms with Gasteiger partial charge in [0.15, 0.2) is 0 Å². The largest absolute Gasteiger partial charge is 0.353 e. The number of carbonyl (C=O) groups is 1. The van der Waals surface area contributed by atoms with Gasteiger partial charge in [0, 0.05) is 19.1 Å².